The third kappa shape index (κ3) is 5.09. The number of ether oxygens (including phenoxy) is 2. The van der Waals surface area contributed by atoms with Crippen LogP contribution in [0.5, 0.6) is 5.75 Å². The number of nitrogens with zero attached hydrogens (tertiary/aromatic N) is 2. The summed E-state index contributed by atoms with van der Waals surface area (Å²) >= 11 is 1.29. The number of amides is 2. The first-order valence-electron chi connectivity index (χ1n) is 7.97. The van der Waals surface area contributed by atoms with Crippen molar-refractivity contribution in [1.29, 1.82) is 0 Å². The van der Waals surface area contributed by atoms with Gasteiger partial charge in [0.2, 0.25) is 0 Å². The molecule has 0 fully saturated rings. The van der Waals surface area contributed by atoms with Crippen LogP contribution in [0.15, 0.2) is 35.6 Å². The lowest BCUT2D eigenvalue weighted by atomic mass is 10.3. The molecule has 138 valence electrons. The second kappa shape index (κ2) is 9.62. The van der Waals surface area contributed by atoms with Gasteiger partial charge in [-0.05, 0) is 32.2 Å². The summed E-state index contributed by atoms with van der Waals surface area (Å²) in [5, 5.41) is 5.68. The molecule has 1 heterocycles. The maximum atomic E-state index is 12.4. The Kier molecular flexibility index (Phi) is 7.22. The van der Waals surface area contributed by atoms with Crippen molar-refractivity contribution in [3.05, 3.63) is 36.0 Å². The number of benzene rings is 1. The fourth-order valence-corrected chi connectivity index (χ4v) is 2.37. The quantitative estimate of drug-likeness (QED) is 0.433. The van der Waals surface area contributed by atoms with Gasteiger partial charge in [0.1, 0.15) is 11.3 Å². The van der Waals surface area contributed by atoms with Crippen LogP contribution in [0.25, 0.3) is 0 Å². The molecule has 2 aromatic rings. The van der Waals surface area contributed by atoms with Gasteiger partial charge in [-0.3, -0.25) is 5.32 Å². The molecule has 0 spiro atoms. The van der Waals surface area contributed by atoms with Crippen molar-refractivity contribution < 1.29 is 19.1 Å². The van der Waals surface area contributed by atoms with E-state index in [1.54, 1.807) is 31.4 Å². The molecule has 8 nitrogen and oxygen atoms in total. The minimum Gasteiger partial charge on any atom is -0.492 e. The van der Waals surface area contributed by atoms with Crippen LogP contribution >= 0.6 is 11.8 Å². The number of esters is 1. The number of nitrogens with one attached hydrogen (secondary N) is 2. The molecular formula is C17H20N4O4S. The van der Waals surface area contributed by atoms with E-state index in [2.05, 4.69) is 20.6 Å². The minimum absolute atomic E-state index is 0.0780. The topological polar surface area (TPSA) is 102 Å². The Labute approximate surface area is 155 Å². The minimum atomic E-state index is -0.606. The van der Waals surface area contributed by atoms with Crippen molar-refractivity contribution in [3.63, 3.8) is 0 Å². The van der Waals surface area contributed by atoms with Gasteiger partial charge in [-0.15, -0.1) is 0 Å². The highest BCUT2D eigenvalue weighted by Gasteiger charge is 2.18. The SMILES string of the molecule is CCOC(=O)c1cnc(SC)nc1NC(=O)Nc1ccccc1OCC. The monoisotopic (exact) mass is 376 g/mol. The molecule has 0 unspecified atom stereocenters. The number of hydrogen-bond acceptors (Lipinski definition) is 7. The standard InChI is InChI=1S/C17H20N4O4S/c1-4-24-13-9-7-6-8-12(13)19-16(23)20-14-11(15(22)25-5-2)10-18-17(21-14)26-3/h6-10H,4-5H2,1-3H3,(H2,18,19,20,21,23). The Bertz CT molecular complexity index is 785. The highest BCUT2D eigenvalue weighted by molar-refractivity contribution is 7.98. The Hall–Kier alpha value is -2.81. The summed E-state index contributed by atoms with van der Waals surface area (Å²) in [7, 11) is 0. The van der Waals surface area contributed by atoms with Crippen molar-refractivity contribution in [2.45, 2.75) is 19.0 Å². The van der Waals surface area contributed by atoms with E-state index in [1.165, 1.54) is 18.0 Å². The molecule has 0 aliphatic rings. The second-order valence-corrected chi connectivity index (χ2v) is 5.62. The highest BCUT2D eigenvalue weighted by atomic mass is 32.2. The Morgan fingerprint density at radius 3 is 2.62 bits per heavy atom. The molecule has 2 rings (SSSR count). The number of aromatic nitrogens is 2. The van der Waals surface area contributed by atoms with Gasteiger partial charge in [0.05, 0.1) is 18.9 Å². The summed E-state index contributed by atoms with van der Waals surface area (Å²) in [6.45, 7) is 4.22. The van der Waals surface area contributed by atoms with Gasteiger partial charge in [0.25, 0.3) is 0 Å². The second-order valence-electron chi connectivity index (χ2n) is 4.85. The molecule has 1 aromatic heterocycles. The largest absolute Gasteiger partial charge is 0.492 e. The highest BCUT2D eigenvalue weighted by Crippen LogP contribution is 2.24. The molecule has 0 saturated heterocycles. The van der Waals surface area contributed by atoms with Crippen molar-refractivity contribution in [2.24, 2.45) is 0 Å². The third-order valence-electron chi connectivity index (χ3n) is 3.11. The molecule has 0 radical (unpaired) electrons. The molecular weight excluding hydrogens is 356 g/mol. The Balaban J connectivity index is 2.21. The fourth-order valence-electron chi connectivity index (χ4n) is 2.03. The molecule has 2 amide bonds. The van der Waals surface area contributed by atoms with Crippen molar-refractivity contribution in [2.75, 3.05) is 30.1 Å². The van der Waals surface area contributed by atoms with E-state index in [0.29, 0.717) is 23.2 Å². The lowest BCUT2D eigenvalue weighted by molar-refractivity contribution is 0.0526. The molecule has 0 aliphatic heterocycles. The van der Waals surface area contributed by atoms with Crippen LogP contribution in [0, 0.1) is 0 Å². The van der Waals surface area contributed by atoms with E-state index in [9.17, 15) is 9.59 Å². The number of rotatable bonds is 7. The van der Waals surface area contributed by atoms with Crippen LogP contribution < -0.4 is 15.4 Å². The maximum Gasteiger partial charge on any atom is 0.343 e. The maximum absolute atomic E-state index is 12.4. The van der Waals surface area contributed by atoms with Crippen molar-refractivity contribution in [1.82, 2.24) is 9.97 Å². The molecule has 9 heteroatoms. The van der Waals surface area contributed by atoms with Gasteiger partial charge < -0.3 is 14.8 Å². The first kappa shape index (κ1) is 19.5. The Morgan fingerprint density at radius 1 is 1.15 bits per heavy atom. The third-order valence-corrected chi connectivity index (χ3v) is 3.67. The van der Waals surface area contributed by atoms with Gasteiger partial charge in [-0.1, -0.05) is 23.9 Å². The van der Waals surface area contributed by atoms with Crippen LogP contribution in [0.1, 0.15) is 24.2 Å². The summed E-state index contributed by atoms with van der Waals surface area (Å²) in [4.78, 5) is 32.6. The van der Waals surface area contributed by atoms with Gasteiger partial charge in [-0.2, -0.15) is 0 Å². The van der Waals surface area contributed by atoms with Gasteiger partial charge >= 0.3 is 12.0 Å². The number of carbonyl (C=O) groups excluding carboxylic acids is 2. The smallest absolute Gasteiger partial charge is 0.343 e. The van der Waals surface area contributed by atoms with Crippen LogP contribution in [0.3, 0.4) is 0 Å². The van der Waals surface area contributed by atoms with Crippen LogP contribution in [0.4, 0.5) is 16.3 Å². The zero-order valence-corrected chi connectivity index (χ0v) is 15.6. The predicted octanol–water partition coefficient (Wildman–Crippen LogP) is 3.42. The molecule has 2 N–H and O–H groups in total. The molecule has 0 saturated carbocycles. The van der Waals surface area contributed by atoms with E-state index in [4.69, 9.17) is 9.47 Å². The van der Waals surface area contributed by atoms with Crippen LogP contribution in [-0.4, -0.2) is 41.4 Å². The normalized spacial score (nSPS) is 10.1. The van der Waals surface area contributed by atoms with Crippen molar-refractivity contribution >= 4 is 35.3 Å². The lowest BCUT2D eigenvalue weighted by Gasteiger charge is -2.13. The lowest BCUT2D eigenvalue weighted by Crippen LogP contribution is -2.23. The van der Waals surface area contributed by atoms with Crippen LogP contribution in [-0.2, 0) is 4.74 Å². The molecule has 1 aromatic carbocycles. The first-order valence-corrected chi connectivity index (χ1v) is 9.19. The fraction of sp³-hybridized carbons (Fsp3) is 0.294. The zero-order valence-electron chi connectivity index (χ0n) is 14.7. The van der Waals surface area contributed by atoms with E-state index >= 15 is 0 Å². The van der Waals surface area contributed by atoms with E-state index in [1.807, 2.05) is 13.0 Å². The van der Waals surface area contributed by atoms with Gasteiger partial charge in [0.15, 0.2) is 11.0 Å². The number of thioether (sulfide) groups is 1. The number of hydrogen-bond donors (Lipinski definition) is 2. The summed E-state index contributed by atoms with van der Waals surface area (Å²) in [5.41, 5.74) is 0.585. The first-order chi connectivity index (χ1) is 12.6. The Morgan fingerprint density at radius 2 is 1.92 bits per heavy atom. The number of carbonyl (C=O) groups is 2. The molecule has 26 heavy (non-hydrogen) atoms. The van der Waals surface area contributed by atoms with E-state index < -0.39 is 12.0 Å². The summed E-state index contributed by atoms with van der Waals surface area (Å²) < 4.78 is 10.4. The summed E-state index contributed by atoms with van der Waals surface area (Å²) in [6, 6.07) is 6.48. The van der Waals surface area contributed by atoms with E-state index in [-0.39, 0.29) is 18.0 Å². The van der Waals surface area contributed by atoms with Crippen LogP contribution in [0.2, 0.25) is 0 Å². The molecule has 0 atom stereocenters. The van der Waals surface area contributed by atoms with Gasteiger partial charge in [-0.25, -0.2) is 19.6 Å². The van der Waals surface area contributed by atoms with E-state index in [0.717, 1.165) is 0 Å². The predicted molar refractivity (Wildman–Crippen MR) is 100 cm³/mol. The molecule has 0 aliphatic carbocycles. The number of anilines is 2. The van der Waals surface area contributed by atoms with Gasteiger partial charge in [0, 0.05) is 6.20 Å². The average Bonchev–Trinajstić information content (AvgIpc) is 2.63. The summed E-state index contributed by atoms with van der Waals surface area (Å²) in [5.74, 6) is 0.0163. The van der Waals surface area contributed by atoms with Crippen molar-refractivity contribution in [3.8, 4) is 5.75 Å². The number of para-hydroxylation sites is 2. The zero-order chi connectivity index (χ0) is 18.9. The average molecular weight is 376 g/mol. The molecule has 0 bridgehead atoms. The summed E-state index contributed by atoms with van der Waals surface area (Å²) in [6.07, 6.45) is 3.13. The number of urea groups is 1.